The molecule has 0 spiro atoms. The summed E-state index contributed by atoms with van der Waals surface area (Å²) in [6.07, 6.45) is 0.707. The maximum atomic E-state index is 11.3. The number of carbonyl (C=O) groups excluding carboxylic acids is 1. The van der Waals surface area contributed by atoms with Crippen molar-refractivity contribution < 1.29 is 9.90 Å². The van der Waals surface area contributed by atoms with E-state index in [1.165, 1.54) is 11.3 Å². The number of carbonyl (C=O) groups is 1. The number of amides is 2. The molecule has 0 radical (unpaired) electrons. The highest BCUT2D eigenvalue weighted by Crippen LogP contribution is 2.11. The Morgan fingerprint density at radius 1 is 1.67 bits per heavy atom. The van der Waals surface area contributed by atoms with E-state index in [0.717, 1.165) is 5.69 Å². The summed E-state index contributed by atoms with van der Waals surface area (Å²) in [4.78, 5) is 11.3. The van der Waals surface area contributed by atoms with E-state index in [1.54, 1.807) is 0 Å². The fourth-order valence-electron chi connectivity index (χ4n) is 1.10. The van der Waals surface area contributed by atoms with Gasteiger partial charge in [-0.25, -0.2) is 4.79 Å². The van der Waals surface area contributed by atoms with Gasteiger partial charge in [-0.1, -0.05) is 6.92 Å². The molecule has 2 amide bonds. The third-order valence-electron chi connectivity index (χ3n) is 2.01. The van der Waals surface area contributed by atoms with E-state index < -0.39 is 0 Å². The summed E-state index contributed by atoms with van der Waals surface area (Å²) in [6, 6.07) is 1.65. The normalized spacial score (nSPS) is 12.1. The van der Waals surface area contributed by atoms with Crippen LogP contribution in [0.15, 0.2) is 16.8 Å². The van der Waals surface area contributed by atoms with Gasteiger partial charge in [0.15, 0.2) is 0 Å². The number of rotatable bonds is 5. The van der Waals surface area contributed by atoms with Gasteiger partial charge in [0.1, 0.15) is 0 Å². The summed E-state index contributed by atoms with van der Waals surface area (Å²) in [5.74, 6) is 0.295. The minimum Gasteiger partial charge on any atom is -0.396 e. The van der Waals surface area contributed by atoms with Crippen LogP contribution in [0.4, 0.5) is 10.5 Å². The van der Waals surface area contributed by atoms with Crippen LogP contribution in [0.25, 0.3) is 0 Å². The summed E-state index contributed by atoms with van der Waals surface area (Å²) < 4.78 is 0. The Bertz CT molecular complexity index is 288. The van der Waals surface area contributed by atoms with E-state index in [9.17, 15) is 4.79 Å². The molecule has 0 bridgehead atoms. The summed E-state index contributed by atoms with van der Waals surface area (Å²) in [6.45, 7) is 2.73. The van der Waals surface area contributed by atoms with Crippen molar-refractivity contribution in [1.82, 2.24) is 5.32 Å². The van der Waals surface area contributed by atoms with E-state index in [0.29, 0.717) is 18.9 Å². The van der Waals surface area contributed by atoms with E-state index in [-0.39, 0.29) is 12.6 Å². The molecule has 15 heavy (non-hydrogen) atoms. The van der Waals surface area contributed by atoms with Gasteiger partial charge in [0, 0.05) is 18.5 Å². The Balaban J connectivity index is 2.19. The van der Waals surface area contributed by atoms with Crippen molar-refractivity contribution in [3.8, 4) is 0 Å². The molecular formula is C10H16N2O2S. The second-order valence-electron chi connectivity index (χ2n) is 3.46. The topological polar surface area (TPSA) is 61.4 Å². The van der Waals surface area contributed by atoms with Crippen LogP contribution in [0, 0.1) is 5.92 Å². The van der Waals surface area contributed by atoms with Gasteiger partial charge >= 0.3 is 6.03 Å². The molecule has 0 saturated heterocycles. The molecule has 0 saturated carbocycles. The number of aliphatic hydroxyl groups excluding tert-OH is 1. The lowest BCUT2D eigenvalue weighted by molar-refractivity contribution is 0.243. The second-order valence-corrected chi connectivity index (χ2v) is 4.24. The summed E-state index contributed by atoms with van der Waals surface area (Å²) in [5.41, 5.74) is 0.812. The molecule has 1 rings (SSSR count). The Labute approximate surface area is 93.3 Å². The Morgan fingerprint density at radius 2 is 2.47 bits per heavy atom. The quantitative estimate of drug-likeness (QED) is 0.720. The number of hydrogen-bond donors (Lipinski definition) is 3. The fourth-order valence-corrected chi connectivity index (χ4v) is 1.69. The minimum absolute atomic E-state index is 0.162. The van der Waals surface area contributed by atoms with Gasteiger partial charge in [0.25, 0.3) is 0 Å². The zero-order valence-corrected chi connectivity index (χ0v) is 9.51. The zero-order valence-electron chi connectivity index (χ0n) is 8.69. The fraction of sp³-hybridized carbons (Fsp3) is 0.500. The molecule has 0 fully saturated rings. The monoisotopic (exact) mass is 228 g/mol. The van der Waals surface area contributed by atoms with Gasteiger partial charge in [0.2, 0.25) is 0 Å². The van der Waals surface area contributed by atoms with Gasteiger partial charge in [-0.05, 0) is 23.8 Å². The van der Waals surface area contributed by atoms with Crippen LogP contribution in [-0.4, -0.2) is 24.3 Å². The number of thiophene rings is 1. The van der Waals surface area contributed by atoms with Crippen LogP contribution < -0.4 is 10.6 Å². The molecule has 5 heteroatoms. The van der Waals surface area contributed by atoms with Crippen LogP contribution in [0.1, 0.15) is 13.3 Å². The van der Waals surface area contributed by atoms with Crippen LogP contribution in [0.5, 0.6) is 0 Å². The number of nitrogens with one attached hydrogen (secondary N) is 2. The summed E-state index contributed by atoms with van der Waals surface area (Å²) in [7, 11) is 0. The Kier molecular flexibility index (Phi) is 5.14. The zero-order chi connectivity index (χ0) is 11.1. The molecule has 84 valence electrons. The van der Waals surface area contributed by atoms with Crippen LogP contribution in [-0.2, 0) is 0 Å². The first kappa shape index (κ1) is 12.0. The van der Waals surface area contributed by atoms with Crippen molar-refractivity contribution >= 4 is 23.1 Å². The average Bonchev–Trinajstić information content (AvgIpc) is 2.68. The second kappa shape index (κ2) is 6.42. The largest absolute Gasteiger partial charge is 0.396 e. The first-order valence-corrected chi connectivity index (χ1v) is 5.84. The highest BCUT2D eigenvalue weighted by molar-refractivity contribution is 7.08. The van der Waals surface area contributed by atoms with E-state index >= 15 is 0 Å². The van der Waals surface area contributed by atoms with Gasteiger partial charge in [0.05, 0.1) is 5.69 Å². The Morgan fingerprint density at radius 3 is 3.07 bits per heavy atom. The molecule has 1 atom stereocenters. The standard InChI is InChI=1S/C10H16N2O2S/c1-8(2-4-13)6-11-10(14)12-9-3-5-15-7-9/h3,5,7-8,13H,2,4,6H2,1H3,(H2,11,12,14). The molecule has 4 nitrogen and oxygen atoms in total. The first-order chi connectivity index (χ1) is 7.22. The number of anilines is 1. The lowest BCUT2D eigenvalue weighted by Gasteiger charge is -2.11. The van der Waals surface area contributed by atoms with Crippen molar-refractivity contribution in [2.24, 2.45) is 5.92 Å². The van der Waals surface area contributed by atoms with Crippen LogP contribution >= 0.6 is 11.3 Å². The predicted molar refractivity (Wildman–Crippen MR) is 62.2 cm³/mol. The van der Waals surface area contributed by atoms with E-state index in [4.69, 9.17) is 5.11 Å². The van der Waals surface area contributed by atoms with Gasteiger partial charge in [-0.2, -0.15) is 11.3 Å². The average molecular weight is 228 g/mol. The summed E-state index contributed by atoms with van der Waals surface area (Å²) >= 11 is 1.54. The third-order valence-corrected chi connectivity index (χ3v) is 2.70. The van der Waals surface area contributed by atoms with Crippen molar-refractivity contribution in [2.75, 3.05) is 18.5 Å². The highest BCUT2D eigenvalue weighted by atomic mass is 32.1. The molecule has 0 aliphatic carbocycles. The molecule has 0 aromatic carbocycles. The van der Waals surface area contributed by atoms with Crippen molar-refractivity contribution in [3.05, 3.63) is 16.8 Å². The van der Waals surface area contributed by atoms with Crippen molar-refractivity contribution in [2.45, 2.75) is 13.3 Å². The molecule has 1 aromatic heterocycles. The number of hydrogen-bond acceptors (Lipinski definition) is 3. The predicted octanol–water partition coefficient (Wildman–Crippen LogP) is 1.89. The van der Waals surface area contributed by atoms with Gasteiger partial charge < -0.3 is 15.7 Å². The first-order valence-electron chi connectivity index (χ1n) is 4.90. The van der Waals surface area contributed by atoms with E-state index in [1.807, 2.05) is 23.8 Å². The summed E-state index contributed by atoms with van der Waals surface area (Å²) in [5, 5.41) is 17.9. The molecule has 1 unspecified atom stereocenters. The van der Waals surface area contributed by atoms with Gasteiger partial charge in [-0.15, -0.1) is 0 Å². The number of aliphatic hydroxyl groups is 1. The lowest BCUT2D eigenvalue weighted by Crippen LogP contribution is -2.32. The Hall–Kier alpha value is -1.07. The maximum absolute atomic E-state index is 11.3. The van der Waals surface area contributed by atoms with Crippen LogP contribution in [0.2, 0.25) is 0 Å². The van der Waals surface area contributed by atoms with E-state index in [2.05, 4.69) is 10.6 Å². The molecule has 0 aliphatic heterocycles. The van der Waals surface area contributed by atoms with Crippen molar-refractivity contribution in [1.29, 1.82) is 0 Å². The highest BCUT2D eigenvalue weighted by Gasteiger charge is 2.04. The molecular weight excluding hydrogens is 212 g/mol. The SMILES string of the molecule is CC(CCO)CNC(=O)Nc1ccsc1. The minimum atomic E-state index is -0.196. The van der Waals surface area contributed by atoms with Gasteiger partial charge in [-0.3, -0.25) is 0 Å². The maximum Gasteiger partial charge on any atom is 0.319 e. The molecule has 3 N–H and O–H groups in total. The third kappa shape index (κ3) is 4.80. The molecule has 1 aromatic rings. The molecule has 0 aliphatic rings. The van der Waals surface area contributed by atoms with Crippen LogP contribution in [0.3, 0.4) is 0 Å². The smallest absolute Gasteiger partial charge is 0.319 e. The lowest BCUT2D eigenvalue weighted by atomic mass is 10.1. The molecule has 1 heterocycles. The van der Waals surface area contributed by atoms with Crippen molar-refractivity contribution in [3.63, 3.8) is 0 Å². The number of urea groups is 1.